The van der Waals surface area contributed by atoms with Crippen molar-refractivity contribution in [2.24, 2.45) is 5.73 Å². The lowest BCUT2D eigenvalue weighted by atomic mass is 10.1. The Morgan fingerprint density at radius 2 is 1.71 bits per heavy atom. The first-order valence-electron chi connectivity index (χ1n) is 7.34. The van der Waals surface area contributed by atoms with Gasteiger partial charge >= 0.3 is 0 Å². The predicted molar refractivity (Wildman–Crippen MR) is 94.0 cm³/mol. The monoisotopic (exact) mass is 300 g/mol. The van der Waals surface area contributed by atoms with Crippen LogP contribution in [0.15, 0.2) is 47.4 Å². The molecular weight excluding hydrogens is 276 g/mol. The number of nitrogens with zero attached hydrogens (tertiary/aromatic N) is 1. The zero-order chi connectivity index (χ0) is 15.2. The number of thioether (sulfide) groups is 1. The maximum atomic E-state index is 5.96. The van der Waals surface area contributed by atoms with Crippen molar-refractivity contribution in [3.8, 4) is 0 Å². The summed E-state index contributed by atoms with van der Waals surface area (Å²) in [5.74, 6) is 0. The molecule has 0 aliphatic heterocycles. The Balaban J connectivity index is 2.21. The second-order valence-corrected chi connectivity index (χ2v) is 6.04. The van der Waals surface area contributed by atoms with Crippen LogP contribution in [-0.2, 0) is 19.5 Å². The largest absolute Gasteiger partial charge is 0.370 e. The van der Waals surface area contributed by atoms with Gasteiger partial charge in [0, 0.05) is 36.3 Å². The van der Waals surface area contributed by atoms with Gasteiger partial charge in [-0.25, -0.2) is 0 Å². The molecule has 0 aliphatic rings. The third-order valence-electron chi connectivity index (χ3n) is 3.79. The summed E-state index contributed by atoms with van der Waals surface area (Å²) >= 11 is 1.76. The van der Waals surface area contributed by atoms with Gasteiger partial charge in [0.15, 0.2) is 0 Å². The fraction of sp³-hybridized carbons (Fsp3) is 0.333. The molecule has 2 aromatic carbocycles. The number of aryl methyl sites for hydroxylation is 1. The van der Waals surface area contributed by atoms with Crippen LogP contribution in [0.5, 0.6) is 0 Å². The van der Waals surface area contributed by atoms with Crippen molar-refractivity contribution in [1.82, 2.24) is 0 Å². The van der Waals surface area contributed by atoms with Crippen molar-refractivity contribution in [2.45, 2.75) is 31.3 Å². The first-order chi connectivity index (χ1) is 10.2. The highest BCUT2D eigenvalue weighted by Crippen LogP contribution is 2.29. The summed E-state index contributed by atoms with van der Waals surface area (Å²) in [5, 5.41) is 0. The summed E-state index contributed by atoms with van der Waals surface area (Å²) in [4.78, 5) is 3.55. The molecule has 2 aromatic rings. The SMILES string of the molecule is CCc1ccc(CN(C)c2cccc(SC)c2CN)cc1. The molecule has 2 rings (SSSR count). The van der Waals surface area contributed by atoms with Crippen LogP contribution < -0.4 is 10.6 Å². The van der Waals surface area contributed by atoms with E-state index < -0.39 is 0 Å². The van der Waals surface area contributed by atoms with Crippen LogP contribution in [0.4, 0.5) is 5.69 Å². The van der Waals surface area contributed by atoms with Crippen molar-refractivity contribution >= 4 is 17.4 Å². The second-order valence-electron chi connectivity index (χ2n) is 5.19. The average Bonchev–Trinajstić information content (AvgIpc) is 2.54. The molecule has 21 heavy (non-hydrogen) atoms. The second kappa shape index (κ2) is 7.53. The third kappa shape index (κ3) is 3.80. The van der Waals surface area contributed by atoms with Gasteiger partial charge in [0.05, 0.1) is 0 Å². The van der Waals surface area contributed by atoms with E-state index in [0.29, 0.717) is 6.54 Å². The van der Waals surface area contributed by atoms with Crippen LogP contribution >= 0.6 is 11.8 Å². The summed E-state index contributed by atoms with van der Waals surface area (Å²) in [7, 11) is 2.13. The molecule has 112 valence electrons. The lowest BCUT2D eigenvalue weighted by Gasteiger charge is -2.23. The molecule has 0 amide bonds. The Bertz CT molecular complexity index is 578. The van der Waals surface area contributed by atoms with E-state index in [4.69, 9.17) is 5.73 Å². The van der Waals surface area contributed by atoms with E-state index in [1.807, 2.05) is 0 Å². The molecule has 0 fully saturated rings. The molecule has 0 aromatic heterocycles. The quantitative estimate of drug-likeness (QED) is 0.816. The first-order valence-corrected chi connectivity index (χ1v) is 8.57. The number of rotatable bonds is 6. The van der Waals surface area contributed by atoms with Crippen LogP contribution in [0.25, 0.3) is 0 Å². The summed E-state index contributed by atoms with van der Waals surface area (Å²) < 4.78 is 0. The summed E-state index contributed by atoms with van der Waals surface area (Å²) in [6.07, 6.45) is 3.19. The molecule has 0 aliphatic carbocycles. The van der Waals surface area contributed by atoms with E-state index in [0.717, 1.165) is 13.0 Å². The molecular formula is C18H24N2S. The van der Waals surface area contributed by atoms with Gasteiger partial charge in [-0.15, -0.1) is 11.8 Å². The summed E-state index contributed by atoms with van der Waals surface area (Å²) in [6.45, 7) is 3.66. The van der Waals surface area contributed by atoms with Crippen LogP contribution in [0.3, 0.4) is 0 Å². The lowest BCUT2D eigenvalue weighted by Crippen LogP contribution is -2.19. The maximum absolute atomic E-state index is 5.96. The molecule has 0 spiro atoms. The van der Waals surface area contributed by atoms with Gasteiger partial charge in [0.25, 0.3) is 0 Å². The van der Waals surface area contributed by atoms with Crippen molar-refractivity contribution in [1.29, 1.82) is 0 Å². The first kappa shape index (κ1) is 15.9. The van der Waals surface area contributed by atoms with Crippen LogP contribution in [0, 0.1) is 0 Å². The summed E-state index contributed by atoms with van der Waals surface area (Å²) in [5.41, 5.74) is 11.1. The minimum Gasteiger partial charge on any atom is -0.370 e. The van der Waals surface area contributed by atoms with Crippen molar-refractivity contribution in [3.05, 3.63) is 59.2 Å². The fourth-order valence-corrected chi connectivity index (χ4v) is 3.20. The van der Waals surface area contributed by atoms with E-state index in [2.05, 4.69) is 67.6 Å². The molecule has 0 bridgehead atoms. The Hall–Kier alpha value is -1.45. The van der Waals surface area contributed by atoms with Gasteiger partial charge < -0.3 is 10.6 Å². The van der Waals surface area contributed by atoms with Gasteiger partial charge in [-0.2, -0.15) is 0 Å². The molecule has 2 nitrogen and oxygen atoms in total. The summed E-state index contributed by atoms with van der Waals surface area (Å²) in [6, 6.07) is 15.3. The van der Waals surface area contributed by atoms with Crippen molar-refractivity contribution in [2.75, 3.05) is 18.2 Å². The molecule has 0 heterocycles. The third-order valence-corrected chi connectivity index (χ3v) is 4.62. The topological polar surface area (TPSA) is 29.3 Å². The zero-order valence-corrected chi connectivity index (χ0v) is 13.9. The fourth-order valence-electron chi connectivity index (χ4n) is 2.55. The van der Waals surface area contributed by atoms with Crippen LogP contribution in [-0.4, -0.2) is 13.3 Å². The normalized spacial score (nSPS) is 10.7. The Kier molecular flexibility index (Phi) is 5.71. The highest BCUT2D eigenvalue weighted by atomic mass is 32.2. The van der Waals surface area contributed by atoms with Crippen molar-refractivity contribution < 1.29 is 0 Å². The van der Waals surface area contributed by atoms with Crippen molar-refractivity contribution in [3.63, 3.8) is 0 Å². The van der Waals surface area contributed by atoms with E-state index in [9.17, 15) is 0 Å². The number of anilines is 1. The van der Waals surface area contributed by atoms with Gasteiger partial charge in [0.2, 0.25) is 0 Å². The Morgan fingerprint density at radius 3 is 2.29 bits per heavy atom. The molecule has 0 saturated carbocycles. The number of benzene rings is 2. The molecule has 0 radical (unpaired) electrons. The van der Waals surface area contributed by atoms with E-state index in [1.165, 1.54) is 27.3 Å². The lowest BCUT2D eigenvalue weighted by molar-refractivity contribution is 0.893. The van der Waals surface area contributed by atoms with E-state index in [1.54, 1.807) is 11.8 Å². The van der Waals surface area contributed by atoms with Gasteiger partial charge in [-0.3, -0.25) is 0 Å². The number of nitrogens with two attached hydrogens (primary N) is 1. The van der Waals surface area contributed by atoms with Crippen LogP contribution in [0.1, 0.15) is 23.6 Å². The average molecular weight is 300 g/mol. The van der Waals surface area contributed by atoms with Gasteiger partial charge in [-0.1, -0.05) is 37.3 Å². The molecule has 0 atom stereocenters. The van der Waals surface area contributed by atoms with Gasteiger partial charge in [0.1, 0.15) is 0 Å². The molecule has 2 N–H and O–H groups in total. The Morgan fingerprint density at radius 1 is 1.05 bits per heavy atom. The zero-order valence-electron chi connectivity index (χ0n) is 13.1. The van der Waals surface area contributed by atoms with E-state index in [-0.39, 0.29) is 0 Å². The molecule has 0 unspecified atom stereocenters. The highest BCUT2D eigenvalue weighted by molar-refractivity contribution is 7.98. The maximum Gasteiger partial charge on any atom is 0.0426 e. The number of hydrogen-bond donors (Lipinski definition) is 1. The van der Waals surface area contributed by atoms with E-state index >= 15 is 0 Å². The number of hydrogen-bond acceptors (Lipinski definition) is 3. The van der Waals surface area contributed by atoms with Gasteiger partial charge in [-0.05, 0) is 35.9 Å². The standard InChI is InChI=1S/C18H24N2S/c1-4-14-8-10-15(11-9-14)13-20(2)17-6-5-7-18(21-3)16(17)12-19/h5-11H,4,12-13,19H2,1-3H3. The minimum atomic E-state index is 0.575. The highest BCUT2D eigenvalue weighted by Gasteiger charge is 2.10. The minimum absolute atomic E-state index is 0.575. The predicted octanol–water partition coefficient (Wildman–Crippen LogP) is 4.07. The molecule has 0 saturated heterocycles. The Labute approximate surface area is 132 Å². The van der Waals surface area contributed by atoms with Crippen LogP contribution in [0.2, 0.25) is 0 Å². The smallest absolute Gasteiger partial charge is 0.0426 e. The molecule has 3 heteroatoms.